The van der Waals surface area contributed by atoms with Gasteiger partial charge in [-0.25, -0.2) is 0 Å². The first-order valence-corrected chi connectivity index (χ1v) is 6.96. The van der Waals surface area contributed by atoms with Gasteiger partial charge in [0, 0.05) is 25.7 Å². The van der Waals surface area contributed by atoms with Gasteiger partial charge in [0.2, 0.25) is 0 Å². The summed E-state index contributed by atoms with van der Waals surface area (Å²) in [5.41, 5.74) is 6.54. The van der Waals surface area contributed by atoms with Gasteiger partial charge >= 0.3 is 0 Å². The highest BCUT2D eigenvalue weighted by molar-refractivity contribution is 7.87. The van der Waals surface area contributed by atoms with Gasteiger partial charge in [-0.15, -0.1) is 0 Å². The van der Waals surface area contributed by atoms with Gasteiger partial charge in [-0.2, -0.15) is 17.4 Å². The molecule has 1 aliphatic carbocycles. The Labute approximate surface area is 102 Å². The van der Waals surface area contributed by atoms with E-state index in [0.717, 1.165) is 12.0 Å². The molecule has 3 N–H and O–H groups in total. The van der Waals surface area contributed by atoms with Crippen LogP contribution in [0.15, 0.2) is 30.3 Å². The molecule has 0 heterocycles. The van der Waals surface area contributed by atoms with Crippen LogP contribution in [0.5, 0.6) is 0 Å². The standard InChI is InChI=1S/C11H17N3O2S/c1-14(8-9-5-3-2-4-6-9)17(15,16)13-11-7-10(11)12/h2-6,10-11,13H,7-8,12H2,1H3. The van der Waals surface area contributed by atoms with Crippen LogP contribution in [0.3, 0.4) is 0 Å². The van der Waals surface area contributed by atoms with Crippen LogP contribution >= 0.6 is 0 Å². The first kappa shape index (κ1) is 12.5. The molecule has 1 aromatic carbocycles. The van der Waals surface area contributed by atoms with Crippen LogP contribution in [-0.2, 0) is 16.8 Å². The monoisotopic (exact) mass is 255 g/mol. The summed E-state index contributed by atoms with van der Waals surface area (Å²) in [6.45, 7) is 0.359. The molecular formula is C11H17N3O2S. The van der Waals surface area contributed by atoms with Crippen LogP contribution in [0, 0.1) is 0 Å². The predicted octanol–water partition coefficient (Wildman–Crippen LogP) is 0.0524. The molecular weight excluding hydrogens is 238 g/mol. The van der Waals surface area contributed by atoms with Crippen LogP contribution in [0.2, 0.25) is 0 Å². The molecule has 0 bridgehead atoms. The SMILES string of the molecule is CN(Cc1ccccc1)S(=O)(=O)NC1CC1N. The van der Waals surface area contributed by atoms with E-state index >= 15 is 0 Å². The number of benzene rings is 1. The number of nitrogens with one attached hydrogen (secondary N) is 1. The Hall–Kier alpha value is -0.950. The van der Waals surface area contributed by atoms with Crippen molar-refractivity contribution in [3.05, 3.63) is 35.9 Å². The molecule has 2 atom stereocenters. The van der Waals surface area contributed by atoms with Gasteiger partial charge in [-0.1, -0.05) is 30.3 Å². The van der Waals surface area contributed by atoms with Crippen LogP contribution < -0.4 is 10.5 Å². The minimum Gasteiger partial charge on any atom is -0.326 e. The zero-order valence-corrected chi connectivity index (χ0v) is 10.5. The van der Waals surface area contributed by atoms with Crippen molar-refractivity contribution in [2.45, 2.75) is 25.0 Å². The Bertz CT molecular complexity index is 475. The highest BCUT2D eigenvalue weighted by Gasteiger charge is 2.37. The molecule has 1 fully saturated rings. The van der Waals surface area contributed by atoms with Gasteiger partial charge in [-0.3, -0.25) is 0 Å². The summed E-state index contributed by atoms with van der Waals surface area (Å²) in [7, 11) is -1.87. The highest BCUT2D eigenvalue weighted by Crippen LogP contribution is 2.19. The maximum Gasteiger partial charge on any atom is 0.279 e. The first-order chi connectivity index (χ1) is 7.99. The molecule has 0 spiro atoms. The summed E-state index contributed by atoms with van der Waals surface area (Å²) in [5, 5.41) is 0. The van der Waals surface area contributed by atoms with Crippen molar-refractivity contribution in [2.24, 2.45) is 5.73 Å². The minimum atomic E-state index is -3.42. The Kier molecular flexibility index (Phi) is 3.48. The zero-order valence-electron chi connectivity index (χ0n) is 9.70. The van der Waals surface area contributed by atoms with Gasteiger partial charge in [0.25, 0.3) is 10.2 Å². The summed E-state index contributed by atoms with van der Waals surface area (Å²) in [4.78, 5) is 0. The highest BCUT2D eigenvalue weighted by atomic mass is 32.2. The average molecular weight is 255 g/mol. The van der Waals surface area contributed by atoms with E-state index < -0.39 is 10.2 Å². The molecule has 2 rings (SSSR count). The predicted molar refractivity (Wildman–Crippen MR) is 66.3 cm³/mol. The molecule has 5 nitrogen and oxygen atoms in total. The van der Waals surface area contributed by atoms with Crippen molar-refractivity contribution in [3.63, 3.8) is 0 Å². The van der Waals surface area contributed by atoms with Gasteiger partial charge in [0.05, 0.1) is 0 Å². The van der Waals surface area contributed by atoms with Gasteiger partial charge in [0.15, 0.2) is 0 Å². The second kappa shape index (κ2) is 4.73. The molecule has 0 aliphatic heterocycles. The summed E-state index contributed by atoms with van der Waals surface area (Å²) in [6, 6.07) is 9.34. The van der Waals surface area contributed by atoms with Crippen molar-refractivity contribution >= 4 is 10.2 Å². The third kappa shape index (κ3) is 3.26. The molecule has 0 amide bonds. The Balaban J connectivity index is 1.97. The molecule has 0 saturated heterocycles. The normalized spacial score (nSPS) is 23.9. The van der Waals surface area contributed by atoms with E-state index in [1.54, 1.807) is 7.05 Å². The van der Waals surface area contributed by atoms with Crippen LogP contribution in [0.25, 0.3) is 0 Å². The zero-order chi connectivity index (χ0) is 12.5. The minimum absolute atomic E-state index is 0.0325. The lowest BCUT2D eigenvalue weighted by atomic mass is 10.2. The molecule has 1 aliphatic rings. The number of nitrogens with two attached hydrogens (primary N) is 1. The largest absolute Gasteiger partial charge is 0.326 e. The maximum atomic E-state index is 11.9. The maximum absolute atomic E-state index is 11.9. The van der Waals surface area contributed by atoms with Crippen molar-refractivity contribution in [3.8, 4) is 0 Å². The third-order valence-electron chi connectivity index (χ3n) is 2.80. The van der Waals surface area contributed by atoms with E-state index in [9.17, 15) is 8.42 Å². The van der Waals surface area contributed by atoms with Crippen LogP contribution in [0.4, 0.5) is 0 Å². The topological polar surface area (TPSA) is 75.4 Å². The van der Waals surface area contributed by atoms with Gasteiger partial charge < -0.3 is 5.73 Å². The number of hydrogen-bond acceptors (Lipinski definition) is 3. The van der Waals surface area contributed by atoms with Crippen molar-refractivity contribution < 1.29 is 8.42 Å². The second-order valence-corrected chi connectivity index (χ2v) is 6.18. The lowest BCUT2D eigenvalue weighted by molar-refractivity contribution is 0.454. The third-order valence-corrected chi connectivity index (χ3v) is 4.35. The van der Waals surface area contributed by atoms with Crippen LogP contribution in [-0.4, -0.2) is 31.9 Å². The fourth-order valence-corrected chi connectivity index (χ4v) is 2.71. The second-order valence-electron chi connectivity index (χ2n) is 4.37. The van der Waals surface area contributed by atoms with Crippen molar-refractivity contribution in [1.82, 2.24) is 9.03 Å². The molecule has 1 saturated carbocycles. The molecule has 1 aromatic rings. The summed E-state index contributed by atoms with van der Waals surface area (Å²) >= 11 is 0. The van der Waals surface area contributed by atoms with E-state index in [0.29, 0.717) is 6.54 Å². The van der Waals surface area contributed by atoms with Crippen molar-refractivity contribution in [2.75, 3.05) is 7.05 Å². The quantitative estimate of drug-likeness (QED) is 0.781. The number of hydrogen-bond donors (Lipinski definition) is 2. The lowest BCUT2D eigenvalue weighted by Gasteiger charge is -2.17. The Morgan fingerprint density at radius 3 is 2.53 bits per heavy atom. The molecule has 0 radical (unpaired) electrons. The molecule has 94 valence electrons. The van der Waals surface area contributed by atoms with Crippen molar-refractivity contribution in [1.29, 1.82) is 0 Å². The summed E-state index contributed by atoms with van der Waals surface area (Å²) in [6.07, 6.45) is 0.721. The van der Waals surface area contributed by atoms with Crippen LogP contribution in [0.1, 0.15) is 12.0 Å². The van der Waals surface area contributed by atoms with E-state index in [1.807, 2.05) is 30.3 Å². The number of rotatable bonds is 5. The Morgan fingerprint density at radius 1 is 1.41 bits per heavy atom. The fraction of sp³-hybridized carbons (Fsp3) is 0.455. The molecule has 0 aromatic heterocycles. The van der Waals surface area contributed by atoms with E-state index in [2.05, 4.69) is 4.72 Å². The van der Waals surface area contributed by atoms with E-state index in [1.165, 1.54) is 4.31 Å². The number of nitrogens with zero attached hydrogens (tertiary/aromatic N) is 1. The van der Waals surface area contributed by atoms with E-state index in [-0.39, 0.29) is 12.1 Å². The fourth-order valence-electron chi connectivity index (χ4n) is 1.56. The first-order valence-electron chi connectivity index (χ1n) is 5.52. The molecule has 2 unspecified atom stereocenters. The molecule has 17 heavy (non-hydrogen) atoms. The average Bonchev–Trinajstić information content (AvgIpc) is 2.94. The van der Waals surface area contributed by atoms with E-state index in [4.69, 9.17) is 5.73 Å². The van der Waals surface area contributed by atoms with Gasteiger partial charge in [0.1, 0.15) is 0 Å². The smallest absolute Gasteiger partial charge is 0.279 e. The Morgan fingerprint density at radius 2 is 2.00 bits per heavy atom. The van der Waals surface area contributed by atoms with Gasteiger partial charge in [-0.05, 0) is 12.0 Å². The lowest BCUT2D eigenvalue weighted by Crippen LogP contribution is -2.40. The molecule has 6 heteroatoms. The summed E-state index contributed by atoms with van der Waals surface area (Å²) in [5.74, 6) is 0. The summed E-state index contributed by atoms with van der Waals surface area (Å²) < 4.78 is 27.7.